The normalized spacial score (nSPS) is 12.5. The van der Waals surface area contributed by atoms with Gasteiger partial charge in [-0.1, -0.05) is 43.3 Å². The van der Waals surface area contributed by atoms with Gasteiger partial charge in [0.2, 0.25) is 0 Å². The van der Waals surface area contributed by atoms with Crippen LogP contribution >= 0.6 is 0 Å². The Morgan fingerprint density at radius 2 is 1.69 bits per heavy atom. The summed E-state index contributed by atoms with van der Waals surface area (Å²) in [4.78, 5) is 6.37. The number of aromatic nitrogens is 2. The van der Waals surface area contributed by atoms with E-state index in [1.54, 1.807) is 6.20 Å². The highest BCUT2D eigenvalue weighted by molar-refractivity contribution is 5.34. The summed E-state index contributed by atoms with van der Waals surface area (Å²) in [6.45, 7) is 3.97. The highest BCUT2D eigenvalue weighted by Crippen LogP contribution is 2.18. The molecular weight excluding hydrogens is 320 g/mol. The quantitative estimate of drug-likeness (QED) is 0.672. The van der Waals surface area contributed by atoms with E-state index in [4.69, 9.17) is 0 Å². The number of rotatable bonds is 8. The molecule has 1 atom stereocenters. The molecule has 0 radical (unpaired) electrons. The molecule has 1 N–H and O–H groups in total. The molecule has 0 aliphatic heterocycles. The number of likely N-dealkylation sites (N-methyl/N-ethyl adjacent to an activating group) is 1. The van der Waals surface area contributed by atoms with Gasteiger partial charge in [-0.25, -0.2) is 4.98 Å². The van der Waals surface area contributed by atoms with Gasteiger partial charge in [0.1, 0.15) is 0 Å². The van der Waals surface area contributed by atoms with Crippen LogP contribution in [0, 0.1) is 0 Å². The van der Waals surface area contributed by atoms with Crippen molar-refractivity contribution in [3.05, 3.63) is 83.9 Å². The van der Waals surface area contributed by atoms with Crippen LogP contribution in [-0.4, -0.2) is 35.1 Å². The zero-order chi connectivity index (χ0) is 18.4. The van der Waals surface area contributed by atoms with Crippen LogP contribution in [0.5, 0.6) is 0 Å². The molecule has 0 saturated carbocycles. The van der Waals surface area contributed by atoms with Crippen LogP contribution in [0.2, 0.25) is 0 Å². The summed E-state index contributed by atoms with van der Waals surface area (Å²) in [6.07, 6.45) is 6.65. The minimum atomic E-state index is 0.367. The topological polar surface area (TPSA) is 33.1 Å². The average Bonchev–Trinajstić information content (AvgIpc) is 3.20. The van der Waals surface area contributed by atoms with E-state index in [2.05, 4.69) is 84.8 Å². The maximum atomic E-state index is 4.09. The summed E-state index contributed by atoms with van der Waals surface area (Å²) in [5.41, 5.74) is 5.16. The Morgan fingerprint density at radius 1 is 1.00 bits per heavy atom. The lowest BCUT2D eigenvalue weighted by atomic mass is 10.0. The van der Waals surface area contributed by atoms with E-state index in [0.717, 1.165) is 25.2 Å². The van der Waals surface area contributed by atoms with E-state index in [1.807, 2.05) is 17.1 Å². The third-order valence-electron chi connectivity index (χ3n) is 4.80. The largest absolute Gasteiger partial charge is 0.311 e. The fourth-order valence-electron chi connectivity index (χ4n) is 3.13. The van der Waals surface area contributed by atoms with Gasteiger partial charge >= 0.3 is 0 Å². The summed E-state index contributed by atoms with van der Waals surface area (Å²) in [5.74, 6) is 0. The van der Waals surface area contributed by atoms with Gasteiger partial charge in [-0.3, -0.25) is 0 Å². The molecule has 136 valence electrons. The lowest BCUT2D eigenvalue weighted by Gasteiger charge is -2.25. The molecule has 4 heteroatoms. The maximum Gasteiger partial charge on any atom is 0.0991 e. The minimum absolute atomic E-state index is 0.367. The second kappa shape index (κ2) is 8.79. The molecule has 3 rings (SSSR count). The molecule has 4 nitrogen and oxygen atoms in total. The highest BCUT2D eigenvalue weighted by Gasteiger charge is 2.13. The first-order valence-electron chi connectivity index (χ1n) is 9.20. The fraction of sp³-hybridized carbons (Fsp3) is 0.318. The third-order valence-corrected chi connectivity index (χ3v) is 4.80. The molecule has 0 amide bonds. The van der Waals surface area contributed by atoms with Crippen LogP contribution in [0.4, 0.5) is 0 Å². The monoisotopic (exact) mass is 348 g/mol. The van der Waals surface area contributed by atoms with Crippen molar-refractivity contribution in [3.8, 4) is 5.69 Å². The first kappa shape index (κ1) is 18.4. The van der Waals surface area contributed by atoms with Crippen molar-refractivity contribution in [2.75, 3.05) is 20.6 Å². The molecule has 0 saturated heterocycles. The average molecular weight is 348 g/mol. The van der Waals surface area contributed by atoms with Crippen LogP contribution < -0.4 is 5.32 Å². The molecule has 0 aliphatic rings. The van der Waals surface area contributed by atoms with Gasteiger partial charge in [0.05, 0.1) is 6.33 Å². The van der Waals surface area contributed by atoms with Crippen LogP contribution in [-0.2, 0) is 13.0 Å². The van der Waals surface area contributed by atoms with Gasteiger partial charge in [0.25, 0.3) is 0 Å². The number of aryl methyl sites for hydroxylation is 1. The van der Waals surface area contributed by atoms with Gasteiger partial charge in [0.15, 0.2) is 0 Å². The van der Waals surface area contributed by atoms with Crippen molar-refractivity contribution < 1.29 is 0 Å². The van der Waals surface area contributed by atoms with Gasteiger partial charge in [0, 0.05) is 37.2 Å². The summed E-state index contributed by atoms with van der Waals surface area (Å²) >= 11 is 0. The molecule has 1 heterocycles. The van der Waals surface area contributed by atoms with Crippen molar-refractivity contribution in [1.82, 2.24) is 19.8 Å². The Hall–Kier alpha value is -2.43. The number of imidazole rings is 1. The highest BCUT2D eigenvalue weighted by atomic mass is 15.1. The van der Waals surface area contributed by atoms with E-state index in [-0.39, 0.29) is 0 Å². The fourth-order valence-corrected chi connectivity index (χ4v) is 3.13. The Balaban J connectivity index is 1.57. The van der Waals surface area contributed by atoms with Gasteiger partial charge < -0.3 is 14.8 Å². The van der Waals surface area contributed by atoms with Crippen molar-refractivity contribution >= 4 is 0 Å². The predicted octanol–water partition coefficient (Wildman–Crippen LogP) is 3.83. The first-order chi connectivity index (χ1) is 12.7. The SMILES string of the molecule is CCc1ccc([C@@H](CNCc2ccc(-n3ccnc3)cc2)N(C)C)cc1. The smallest absolute Gasteiger partial charge is 0.0991 e. The van der Waals surface area contributed by atoms with Crippen LogP contribution in [0.15, 0.2) is 67.3 Å². The number of hydrogen-bond donors (Lipinski definition) is 1. The van der Waals surface area contributed by atoms with E-state index in [1.165, 1.54) is 16.7 Å². The van der Waals surface area contributed by atoms with Crippen molar-refractivity contribution in [2.24, 2.45) is 0 Å². The van der Waals surface area contributed by atoms with Crippen LogP contribution in [0.1, 0.15) is 29.7 Å². The zero-order valence-corrected chi connectivity index (χ0v) is 15.9. The van der Waals surface area contributed by atoms with Crippen LogP contribution in [0.25, 0.3) is 5.69 Å². The second-order valence-electron chi connectivity index (χ2n) is 6.84. The minimum Gasteiger partial charge on any atom is -0.311 e. The number of nitrogens with one attached hydrogen (secondary N) is 1. The lowest BCUT2D eigenvalue weighted by Crippen LogP contribution is -2.30. The van der Waals surface area contributed by atoms with E-state index in [9.17, 15) is 0 Å². The number of hydrogen-bond acceptors (Lipinski definition) is 3. The molecule has 1 aromatic heterocycles. The molecule has 26 heavy (non-hydrogen) atoms. The lowest BCUT2D eigenvalue weighted by molar-refractivity contribution is 0.288. The molecular formula is C22H28N4. The van der Waals surface area contributed by atoms with E-state index < -0.39 is 0 Å². The Morgan fingerprint density at radius 3 is 2.27 bits per heavy atom. The summed E-state index contributed by atoms with van der Waals surface area (Å²) in [5, 5.41) is 3.60. The third kappa shape index (κ3) is 4.59. The molecule has 0 aliphatic carbocycles. The van der Waals surface area contributed by atoms with Crippen LogP contribution in [0.3, 0.4) is 0 Å². The Bertz CT molecular complexity index is 774. The standard InChI is InChI=1S/C22H28N4/c1-4-18-5-9-20(10-6-18)22(25(2)3)16-24-15-19-7-11-21(12-8-19)26-14-13-23-17-26/h5-14,17,22,24H,4,15-16H2,1-3H3/t22-/m1/s1. The van der Waals surface area contributed by atoms with Crippen molar-refractivity contribution in [3.63, 3.8) is 0 Å². The number of benzene rings is 2. The molecule has 0 unspecified atom stereocenters. The molecule has 0 fully saturated rings. The Labute approximate surface area is 156 Å². The number of nitrogens with zero attached hydrogens (tertiary/aromatic N) is 3. The van der Waals surface area contributed by atoms with Gasteiger partial charge in [-0.05, 0) is 49.3 Å². The second-order valence-corrected chi connectivity index (χ2v) is 6.84. The van der Waals surface area contributed by atoms with Gasteiger partial charge in [-0.2, -0.15) is 0 Å². The Kier molecular flexibility index (Phi) is 6.21. The molecule has 0 bridgehead atoms. The maximum absolute atomic E-state index is 4.09. The van der Waals surface area contributed by atoms with Gasteiger partial charge in [-0.15, -0.1) is 0 Å². The molecule has 3 aromatic rings. The molecule has 0 spiro atoms. The summed E-state index contributed by atoms with van der Waals surface area (Å²) < 4.78 is 2.01. The summed E-state index contributed by atoms with van der Waals surface area (Å²) in [7, 11) is 4.28. The van der Waals surface area contributed by atoms with E-state index in [0.29, 0.717) is 6.04 Å². The zero-order valence-electron chi connectivity index (χ0n) is 15.9. The first-order valence-corrected chi connectivity index (χ1v) is 9.20. The van der Waals surface area contributed by atoms with Crippen molar-refractivity contribution in [2.45, 2.75) is 25.9 Å². The summed E-state index contributed by atoms with van der Waals surface area (Å²) in [6, 6.07) is 18.0. The van der Waals surface area contributed by atoms with Crippen molar-refractivity contribution in [1.29, 1.82) is 0 Å². The molecule has 2 aromatic carbocycles. The predicted molar refractivity (Wildman–Crippen MR) is 108 cm³/mol. The van der Waals surface area contributed by atoms with E-state index >= 15 is 0 Å².